The number of aryl methyl sites for hydroxylation is 1. The number of aromatic nitrogens is 1. The highest BCUT2D eigenvalue weighted by Gasteiger charge is 2.20. The Balaban J connectivity index is 2.28. The molecule has 1 amide bonds. The van der Waals surface area contributed by atoms with Crippen molar-refractivity contribution in [3.8, 4) is 0 Å². The molecule has 2 aromatic rings. The second-order valence-electron chi connectivity index (χ2n) is 5.23. The summed E-state index contributed by atoms with van der Waals surface area (Å²) in [5.74, 6) is 0.403. The Labute approximate surface area is 129 Å². The summed E-state index contributed by atoms with van der Waals surface area (Å²) < 4.78 is 0. The molecule has 0 unspecified atom stereocenters. The van der Waals surface area contributed by atoms with Crippen LogP contribution in [0.3, 0.4) is 0 Å². The zero-order valence-electron chi connectivity index (χ0n) is 12.7. The number of pyridine rings is 1. The van der Waals surface area contributed by atoms with E-state index in [9.17, 15) is 4.79 Å². The lowest BCUT2D eigenvalue weighted by Gasteiger charge is -2.26. The fourth-order valence-electron chi connectivity index (χ4n) is 2.14. The highest BCUT2D eigenvalue weighted by molar-refractivity contribution is 7.09. The van der Waals surface area contributed by atoms with E-state index in [0.29, 0.717) is 17.9 Å². The lowest BCUT2D eigenvalue weighted by atomic mass is 10.1. The molecule has 21 heavy (non-hydrogen) atoms. The second kappa shape index (κ2) is 6.72. The molecule has 0 aliphatic heterocycles. The molecule has 0 saturated carbocycles. The average molecular weight is 303 g/mol. The number of carbonyl (C=O) groups is 1. The van der Waals surface area contributed by atoms with Gasteiger partial charge < -0.3 is 10.6 Å². The molecule has 0 spiro atoms. The molecule has 0 aliphatic carbocycles. The minimum Gasteiger partial charge on any atom is -0.384 e. The summed E-state index contributed by atoms with van der Waals surface area (Å²) >= 11 is 1.66. The van der Waals surface area contributed by atoms with Crippen molar-refractivity contribution >= 4 is 23.1 Å². The van der Waals surface area contributed by atoms with Crippen molar-refractivity contribution in [2.24, 2.45) is 0 Å². The first-order valence-corrected chi connectivity index (χ1v) is 7.99. The number of rotatable bonds is 5. The summed E-state index contributed by atoms with van der Waals surface area (Å²) in [6.45, 7) is 6.67. The molecule has 2 aromatic heterocycles. The third-order valence-corrected chi connectivity index (χ3v) is 4.16. The van der Waals surface area contributed by atoms with Crippen molar-refractivity contribution < 1.29 is 4.79 Å². The molecule has 2 heterocycles. The van der Waals surface area contributed by atoms with Crippen molar-refractivity contribution in [3.05, 3.63) is 45.8 Å². The number of thiophene rings is 1. The Bertz CT molecular complexity index is 608. The molecule has 2 rings (SSSR count). The second-order valence-corrected chi connectivity index (χ2v) is 6.26. The zero-order chi connectivity index (χ0) is 15.4. The summed E-state index contributed by atoms with van der Waals surface area (Å²) in [6, 6.07) is 7.67. The van der Waals surface area contributed by atoms with Crippen molar-refractivity contribution in [1.29, 1.82) is 0 Å². The quantitative estimate of drug-likeness (QED) is 0.921. The van der Waals surface area contributed by atoms with E-state index in [1.165, 1.54) is 4.88 Å². The monoisotopic (exact) mass is 303 g/mol. The Hall–Kier alpha value is -1.88. The van der Waals surface area contributed by atoms with E-state index in [-0.39, 0.29) is 11.9 Å². The van der Waals surface area contributed by atoms with Gasteiger partial charge in [-0.05, 0) is 43.8 Å². The highest BCUT2D eigenvalue weighted by atomic mass is 32.1. The van der Waals surface area contributed by atoms with Gasteiger partial charge in [0.1, 0.15) is 5.82 Å². The van der Waals surface area contributed by atoms with Crippen molar-refractivity contribution in [2.45, 2.75) is 39.8 Å². The van der Waals surface area contributed by atoms with Crippen LogP contribution in [0.25, 0.3) is 0 Å². The predicted molar refractivity (Wildman–Crippen MR) is 87.4 cm³/mol. The van der Waals surface area contributed by atoms with Crippen LogP contribution in [0, 0.1) is 0 Å². The van der Waals surface area contributed by atoms with Gasteiger partial charge in [0.05, 0.1) is 6.54 Å². The van der Waals surface area contributed by atoms with Crippen LogP contribution in [0.5, 0.6) is 0 Å². The summed E-state index contributed by atoms with van der Waals surface area (Å²) in [7, 11) is 0. The van der Waals surface area contributed by atoms with Gasteiger partial charge in [-0.3, -0.25) is 4.79 Å². The molecule has 5 heteroatoms. The molecule has 0 aliphatic rings. The van der Waals surface area contributed by atoms with E-state index >= 15 is 0 Å². The van der Waals surface area contributed by atoms with Crippen molar-refractivity contribution in [3.63, 3.8) is 0 Å². The SMILES string of the molecule is CCc1cc(C(=O)N(Cc2cccs2)C(C)C)cc(N)n1. The predicted octanol–water partition coefficient (Wildman–Crippen LogP) is 3.34. The fraction of sp³-hybridized carbons (Fsp3) is 0.375. The third kappa shape index (κ3) is 3.82. The number of nitrogen functional groups attached to an aromatic ring is 1. The van der Waals surface area contributed by atoms with E-state index in [4.69, 9.17) is 5.73 Å². The molecule has 0 atom stereocenters. The number of carbonyl (C=O) groups excluding carboxylic acids is 1. The van der Waals surface area contributed by atoms with Gasteiger partial charge in [0.2, 0.25) is 0 Å². The van der Waals surface area contributed by atoms with Crippen LogP contribution >= 0.6 is 11.3 Å². The van der Waals surface area contributed by atoms with Gasteiger partial charge in [0.15, 0.2) is 0 Å². The molecule has 0 fully saturated rings. The number of anilines is 1. The first-order valence-electron chi connectivity index (χ1n) is 7.11. The zero-order valence-corrected chi connectivity index (χ0v) is 13.5. The van der Waals surface area contributed by atoms with E-state index in [0.717, 1.165) is 12.1 Å². The average Bonchev–Trinajstić information content (AvgIpc) is 2.96. The van der Waals surface area contributed by atoms with E-state index < -0.39 is 0 Å². The number of amides is 1. The Morgan fingerprint density at radius 2 is 2.19 bits per heavy atom. The number of nitrogens with two attached hydrogens (primary N) is 1. The largest absolute Gasteiger partial charge is 0.384 e. The minimum atomic E-state index is 0.00204. The van der Waals surface area contributed by atoms with Gasteiger partial charge in [0.25, 0.3) is 5.91 Å². The maximum absolute atomic E-state index is 12.8. The first-order chi connectivity index (χ1) is 10.0. The Morgan fingerprint density at radius 1 is 1.43 bits per heavy atom. The van der Waals surface area contributed by atoms with Crippen LogP contribution in [0.1, 0.15) is 41.7 Å². The maximum Gasteiger partial charge on any atom is 0.254 e. The summed E-state index contributed by atoms with van der Waals surface area (Å²) in [5, 5.41) is 2.03. The lowest BCUT2D eigenvalue weighted by molar-refractivity contribution is 0.0692. The Kier molecular flexibility index (Phi) is 4.96. The van der Waals surface area contributed by atoms with Gasteiger partial charge in [-0.25, -0.2) is 4.98 Å². The normalized spacial score (nSPS) is 10.9. The minimum absolute atomic E-state index is 0.00204. The topological polar surface area (TPSA) is 59.2 Å². The lowest BCUT2D eigenvalue weighted by Crippen LogP contribution is -2.36. The van der Waals surface area contributed by atoms with E-state index in [1.54, 1.807) is 17.4 Å². The van der Waals surface area contributed by atoms with Gasteiger partial charge in [-0.2, -0.15) is 0 Å². The van der Waals surface area contributed by atoms with Gasteiger partial charge in [0, 0.05) is 22.2 Å². The molecule has 0 saturated heterocycles. The van der Waals surface area contributed by atoms with Crippen LogP contribution in [0.2, 0.25) is 0 Å². The van der Waals surface area contributed by atoms with Crippen molar-refractivity contribution in [2.75, 3.05) is 5.73 Å². The standard InChI is InChI=1S/C16H21N3OS/c1-4-13-8-12(9-15(17)18-13)16(20)19(11(2)3)10-14-6-5-7-21-14/h5-9,11H,4,10H2,1-3H3,(H2,17,18). The first kappa shape index (κ1) is 15.5. The van der Waals surface area contributed by atoms with Crippen LogP contribution < -0.4 is 5.73 Å². The molecular formula is C16H21N3OS. The highest BCUT2D eigenvalue weighted by Crippen LogP contribution is 2.18. The van der Waals surface area contributed by atoms with Gasteiger partial charge in [-0.15, -0.1) is 11.3 Å². The van der Waals surface area contributed by atoms with Crippen LogP contribution in [0.15, 0.2) is 29.6 Å². The van der Waals surface area contributed by atoms with Gasteiger partial charge in [-0.1, -0.05) is 13.0 Å². The molecule has 0 bridgehead atoms. The number of nitrogens with zero attached hydrogens (tertiary/aromatic N) is 2. The van der Waals surface area contributed by atoms with Crippen LogP contribution in [-0.2, 0) is 13.0 Å². The van der Waals surface area contributed by atoms with Crippen LogP contribution in [0.4, 0.5) is 5.82 Å². The third-order valence-electron chi connectivity index (χ3n) is 3.30. The molecular weight excluding hydrogens is 282 g/mol. The molecule has 4 nitrogen and oxygen atoms in total. The van der Waals surface area contributed by atoms with E-state index in [2.05, 4.69) is 4.98 Å². The molecule has 112 valence electrons. The Morgan fingerprint density at radius 3 is 2.76 bits per heavy atom. The smallest absolute Gasteiger partial charge is 0.254 e. The van der Waals surface area contributed by atoms with Crippen molar-refractivity contribution in [1.82, 2.24) is 9.88 Å². The summed E-state index contributed by atoms with van der Waals surface area (Å²) in [6.07, 6.45) is 0.762. The molecule has 2 N–H and O–H groups in total. The fourth-order valence-corrected chi connectivity index (χ4v) is 2.84. The molecule has 0 aromatic carbocycles. The summed E-state index contributed by atoms with van der Waals surface area (Å²) in [5.41, 5.74) is 7.27. The maximum atomic E-state index is 12.8. The van der Waals surface area contributed by atoms with Crippen LogP contribution in [-0.4, -0.2) is 21.8 Å². The number of hydrogen-bond donors (Lipinski definition) is 1. The summed E-state index contributed by atoms with van der Waals surface area (Å²) in [4.78, 5) is 20.0. The van der Waals surface area contributed by atoms with Gasteiger partial charge >= 0.3 is 0 Å². The molecule has 0 radical (unpaired) electrons. The van der Waals surface area contributed by atoms with E-state index in [1.807, 2.05) is 49.3 Å². The number of hydrogen-bond acceptors (Lipinski definition) is 4.